The van der Waals surface area contributed by atoms with Crippen molar-refractivity contribution in [3.8, 4) is 11.5 Å². The zero-order valence-corrected chi connectivity index (χ0v) is 12.9. The Morgan fingerprint density at radius 2 is 1.17 bits per heavy atom. The molecular formula is C18H21N3O2. The van der Waals surface area contributed by atoms with E-state index >= 15 is 0 Å². The minimum atomic E-state index is 0.239. The smallest absolute Gasteiger partial charge is 0.124 e. The molecule has 0 saturated heterocycles. The fourth-order valence-corrected chi connectivity index (χ4v) is 1.93. The second-order valence-electron chi connectivity index (χ2n) is 4.94. The van der Waals surface area contributed by atoms with E-state index in [4.69, 9.17) is 0 Å². The molecule has 23 heavy (non-hydrogen) atoms. The first-order chi connectivity index (χ1) is 11.3. The molecule has 0 fully saturated rings. The van der Waals surface area contributed by atoms with Gasteiger partial charge in [-0.15, -0.1) is 0 Å². The summed E-state index contributed by atoms with van der Waals surface area (Å²) >= 11 is 0. The van der Waals surface area contributed by atoms with Crippen LogP contribution in [0.2, 0.25) is 0 Å². The second kappa shape index (κ2) is 9.38. The summed E-state index contributed by atoms with van der Waals surface area (Å²) in [6.45, 7) is 2.77. The summed E-state index contributed by atoms with van der Waals surface area (Å²) in [6, 6.07) is 14.2. The van der Waals surface area contributed by atoms with Gasteiger partial charge >= 0.3 is 0 Å². The lowest BCUT2D eigenvalue weighted by molar-refractivity contribution is 0.474. The second-order valence-corrected chi connectivity index (χ2v) is 4.94. The molecule has 2 aromatic carbocycles. The maximum Gasteiger partial charge on any atom is 0.124 e. The largest absolute Gasteiger partial charge is 0.507 e. The highest BCUT2D eigenvalue weighted by Gasteiger charge is 1.95. The van der Waals surface area contributed by atoms with Gasteiger partial charge in [0.2, 0.25) is 0 Å². The van der Waals surface area contributed by atoms with Gasteiger partial charge in [0.15, 0.2) is 0 Å². The molecule has 2 aromatic rings. The van der Waals surface area contributed by atoms with Crippen LogP contribution in [0, 0.1) is 0 Å². The van der Waals surface area contributed by atoms with Gasteiger partial charge in [-0.1, -0.05) is 24.3 Å². The van der Waals surface area contributed by atoms with E-state index in [0.717, 1.165) is 24.2 Å². The first-order valence-electron chi connectivity index (χ1n) is 7.54. The fraction of sp³-hybridized carbons (Fsp3) is 0.222. The van der Waals surface area contributed by atoms with Crippen LogP contribution in [0.3, 0.4) is 0 Å². The average Bonchev–Trinajstić information content (AvgIpc) is 2.56. The number of aromatic hydroxyl groups is 2. The Hall–Kier alpha value is -2.66. The van der Waals surface area contributed by atoms with E-state index in [9.17, 15) is 10.2 Å². The number of phenols is 2. The van der Waals surface area contributed by atoms with Crippen LogP contribution >= 0.6 is 0 Å². The Morgan fingerprint density at radius 3 is 1.61 bits per heavy atom. The topological polar surface area (TPSA) is 77.2 Å². The lowest BCUT2D eigenvalue weighted by Gasteiger charge is -2.00. The number of nitrogens with one attached hydrogen (secondary N) is 1. The number of hydrogen-bond donors (Lipinski definition) is 3. The highest BCUT2D eigenvalue weighted by atomic mass is 16.3. The van der Waals surface area contributed by atoms with Crippen molar-refractivity contribution in [3.05, 3.63) is 59.7 Å². The van der Waals surface area contributed by atoms with Crippen molar-refractivity contribution < 1.29 is 10.2 Å². The Bertz CT molecular complexity index is 611. The van der Waals surface area contributed by atoms with Crippen LogP contribution in [0.1, 0.15) is 11.1 Å². The number of rotatable bonds is 8. The molecule has 120 valence electrons. The summed E-state index contributed by atoms with van der Waals surface area (Å²) in [6.07, 6.45) is 3.35. The van der Waals surface area contributed by atoms with Gasteiger partial charge < -0.3 is 15.5 Å². The van der Waals surface area contributed by atoms with Crippen molar-refractivity contribution in [2.45, 2.75) is 0 Å². The van der Waals surface area contributed by atoms with Gasteiger partial charge in [0.05, 0.1) is 13.1 Å². The predicted molar refractivity (Wildman–Crippen MR) is 94.0 cm³/mol. The maximum absolute atomic E-state index is 9.58. The number of benzene rings is 2. The third-order valence-corrected chi connectivity index (χ3v) is 3.17. The van der Waals surface area contributed by atoms with Gasteiger partial charge in [0.1, 0.15) is 11.5 Å². The number of nitrogens with zero attached hydrogens (tertiary/aromatic N) is 2. The van der Waals surface area contributed by atoms with E-state index in [-0.39, 0.29) is 11.5 Å². The molecule has 0 heterocycles. The third kappa shape index (κ3) is 5.92. The highest BCUT2D eigenvalue weighted by Crippen LogP contribution is 2.13. The molecule has 0 aliphatic heterocycles. The van der Waals surface area contributed by atoms with Crippen LogP contribution in [0.15, 0.2) is 58.5 Å². The fourth-order valence-electron chi connectivity index (χ4n) is 1.93. The summed E-state index contributed by atoms with van der Waals surface area (Å²) in [5, 5.41) is 22.4. The van der Waals surface area contributed by atoms with Crippen molar-refractivity contribution in [1.29, 1.82) is 0 Å². The Morgan fingerprint density at radius 1 is 0.739 bits per heavy atom. The Kier molecular flexibility index (Phi) is 6.81. The third-order valence-electron chi connectivity index (χ3n) is 3.17. The summed E-state index contributed by atoms with van der Waals surface area (Å²) in [5.74, 6) is 0.477. The first-order valence-corrected chi connectivity index (χ1v) is 7.54. The van der Waals surface area contributed by atoms with Crippen LogP contribution in [0.25, 0.3) is 0 Å². The minimum Gasteiger partial charge on any atom is -0.507 e. The average molecular weight is 311 g/mol. The molecule has 5 nitrogen and oxygen atoms in total. The van der Waals surface area contributed by atoms with Crippen LogP contribution in [-0.4, -0.2) is 48.8 Å². The van der Waals surface area contributed by atoms with Crippen LogP contribution in [0.4, 0.5) is 0 Å². The molecule has 0 spiro atoms. The predicted octanol–water partition coefficient (Wildman–Crippen LogP) is 2.23. The van der Waals surface area contributed by atoms with Gasteiger partial charge in [-0.3, -0.25) is 9.98 Å². The van der Waals surface area contributed by atoms with Gasteiger partial charge in [-0.25, -0.2) is 0 Å². The Labute approximate surface area is 136 Å². The van der Waals surface area contributed by atoms with E-state index in [1.165, 1.54) is 0 Å². The number of phenolic OH excluding ortho intramolecular Hbond substituents is 2. The van der Waals surface area contributed by atoms with Crippen molar-refractivity contribution in [3.63, 3.8) is 0 Å². The molecule has 2 rings (SSSR count). The van der Waals surface area contributed by atoms with E-state index < -0.39 is 0 Å². The van der Waals surface area contributed by atoms with Gasteiger partial charge in [0.25, 0.3) is 0 Å². The quantitative estimate of drug-likeness (QED) is 0.517. The van der Waals surface area contributed by atoms with E-state index in [2.05, 4.69) is 15.3 Å². The standard InChI is InChI=1S/C18H21N3O2/c22-17-7-3-1-5-15(17)13-20-11-9-19-10-12-21-14-16-6-2-4-8-18(16)23/h1-8,13-14,19,22-23H,9-12H2/b20-13-,21-14+. The first kappa shape index (κ1) is 16.7. The number of hydrogen-bond acceptors (Lipinski definition) is 5. The molecule has 0 atom stereocenters. The van der Waals surface area contributed by atoms with Crippen LogP contribution < -0.4 is 5.32 Å². The Balaban J connectivity index is 1.60. The van der Waals surface area contributed by atoms with Gasteiger partial charge in [-0.2, -0.15) is 0 Å². The van der Waals surface area contributed by atoms with Crippen LogP contribution in [0.5, 0.6) is 11.5 Å². The molecule has 0 bridgehead atoms. The van der Waals surface area contributed by atoms with Gasteiger partial charge in [0, 0.05) is 36.6 Å². The normalized spacial score (nSPS) is 11.5. The molecule has 0 radical (unpaired) electrons. The SMILES string of the molecule is Oc1ccccc1/C=N\CCNCC/N=C/c1ccccc1O. The lowest BCUT2D eigenvalue weighted by Crippen LogP contribution is -2.20. The molecule has 0 aliphatic carbocycles. The molecular weight excluding hydrogens is 290 g/mol. The maximum atomic E-state index is 9.58. The zero-order chi connectivity index (χ0) is 16.3. The number of aliphatic imine (C=N–C) groups is 2. The van der Waals surface area contributed by atoms with Crippen LogP contribution in [-0.2, 0) is 0 Å². The summed E-state index contributed by atoms with van der Waals surface area (Å²) in [4.78, 5) is 8.52. The van der Waals surface area contributed by atoms with Gasteiger partial charge in [-0.05, 0) is 24.3 Å². The molecule has 5 heteroatoms. The summed E-state index contributed by atoms with van der Waals surface area (Å²) in [5.41, 5.74) is 1.44. The zero-order valence-electron chi connectivity index (χ0n) is 12.9. The van der Waals surface area contributed by atoms with Crippen molar-refractivity contribution in [2.24, 2.45) is 9.98 Å². The van der Waals surface area contributed by atoms with E-state index in [1.54, 1.807) is 36.7 Å². The van der Waals surface area contributed by atoms with Crippen molar-refractivity contribution >= 4 is 12.4 Å². The van der Waals surface area contributed by atoms with E-state index in [0.29, 0.717) is 13.1 Å². The lowest BCUT2D eigenvalue weighted by atomic mass is 10.2. The molecule has 0 amide bonds. The van der Waals surface area contributed by atoms with Crippen molar-refractivity contribution in [1.82, 2.24) is 5.32 Å². The monoisotopic (exact) mass is 311 g/mol. The highest BCUT2D eigenvalue weighted by molar-refractivity contribution is 5.83. The number of para-hydroxylation sites is 2. The molecule has 0 unspecified atom stereocenters. The summed E-state index contributed by atoms with van der Waals surface area (Å²) < 4.78 is 0. The minimum absolute atomic E-state index is 0.239. The molecule has 3 N–H and O–H groups in total. The van der Waals surface area contributed by atoms with E-state index in [1.807, 2.05) is 24.3 Å². The van der Waals surface area contributed by atoms with Crippen molar-refractivity contribution in [2.75, 3.05) is 26.2 Å². The molecule has 0 aliphatic rings. The summed E-state index contributed by atoms with van der Waals surface area (Å²) in [7, 11) is 0. The molecule has 0 aromatic heterocycles. The molecule has 0 saturated carbocycles.